The first-order valence-electron chi connectivity index (χ1n) is 25.2. The van der Waals surface area contributed by atoms with Crippen molar-refractivity contribution in [1.82, 2.24) is 0 Å². The van der Waals surface area contributed by atoms with Crippen molar-refractivity contribution in [2.24, 2.45) is 0 Å². The summed E-state index contributed by atoms with van der Waals surface area (Å²) in [5.74, 6) is 0. The molecule has 0 saturated heterocycles. The Hall–Kier alpha value is -9.56. The van der Waals surface area contributed by atoms with Gasteiger partial charge in [0.25, 0.3) is 0 Å². The molecule has 0 aliphatic carbocycles. The number of benzene rings is 14. The zero-order valence-corrected chi connectivity index (χ0v) is 40.1. The largest absolute Gasteiger partial charge is 0.309 e. The minimum Gasteiger partial charge on any atom is -0.309 e. The molecule has 0 unspecified atom stereocenters. The van der Waals surface area contributed by atoms with E-state index in [1.807, 2.05) is 0 Å². The van der Waals surface area contributed by atoms with Gasteiger partial charge in [0, 0.05) is 22.3 Å². The van der Waals surface area contributed by atoms with Gasteiger partial charge in [-0.2, -0.15) is 0 Å². The maximum atomic E-state index is 2.53. The Morgan fingerprint density at radius 2 is 0.534 bits per heavy atom. The van der Waals surface area contributed by atoms with E-state index in [-0.39, 0.29) is 0 Å². The van der Waals surface area contributed by atoms with Gasteiger partial charge in [0.1, 0.15) is 0 Å². The normalized spacial score (nSPS) is 11.6. The van der Waals surface area contributed by atoms with Gasteiger partial charge in [-0.15, -0.1) is 0 Å². The van der Waals surface area contributed by atoms with Gasteiger partial charge < -0.3 is 4.90 Å². The first kappa shape index (κ1) is 42.3. The van der Waals surface area contributed by atoms with Crippen LogP contribution < -0.4 is 4.90 Å². The van der Waals surface area contributed by atoms with Gasteiger partial charge in [-0.3, -0.25) is 0 Å². The number of fused-ring (bicyclic) bond motifs is 7. The lowest BCUT2D eigenvalue weighted by Crippen LogP contribution is -2.12. The molecule has 14 aromatic carbocycles. The number of para-hydroxylation sites is 2. The zero-order chi connectivity index (χ0) is 48.2. The predicted molar refractivity (Wildman–Crippen MR) is 313 cm³/mol. The molecule has 0 bridgehead atoms. The van der Waals surface area contributed by atoms with Gasteiger partial charge in [-0.05, 0) is 146 Å². The van der Waals surface area contributed by atoms with E-state index in [4.69, 9.17) is 0 Å². The summed E-state index contributed by atoms with van der Waals surface area (Å²) in [5.41, 5.74) is 15.4. The van der Waals surface area contributed by atoms with Crippen molar-refractivity contribution in [2.45, 2.75) is 0 Å². The highest BCUT2D eigenvalue weighted by Crippen LogP contribution is 2.53. The molecular weight excluding hydrogens is 879 g/mol. The summed E-state index contributed by atoms with van der Waals surface area (Å²) in [6.45, 7) is 0. The van der Waals surface area contributed by atoms with Crippen LogP contribution in [0, 0.1) is 0 Å². The van der Waals surface area contributed by atoms with E-state index in [0.717, 1.165) is 22.6 Å². The summed E-state index contributed by atoms with van der Waals surface area (Å²) < 4.78 is 0. The summed E-state index contributed by atoms with van der Waals surface area (Å²) in [6.07, 6.45) is 0. The van der Waals surface area contributed by atoms with E-state index in [1.54, 1.807) is 0 Å². The van der Waals surface area contributed by atoms with Gasteiger partial charge >= 0.3 is 0 Å². The second kappa shape index (κ2) is 17.7. The van der Waals surface area contributed by atoms with E-state index in [0.29, 0.717) is 0 Å². The molecule has 1 heteroatoms. The van der Waals surface area contributed by atoms with E-state index >= 15 is 0 Å². The molecule has 14 aromatic rings. The molecule has 0 atom stereocenters. The van der Waals surface area contributed by atoms with Gasteiger partial charge in [0.05, 0.1) is 5.69 Å². The Balaban J connectivity index is 1.10. The summed E-state index contributed by atoms with van der Waals surface area (Å²) in [7, 11) is 0. The highest BCUT2D eigenvalue weighted by Gasteiger charge is 2.26. The molecule has 1 nitrogen and oxygen atoms in total. The topological polar surface area (TPSA) is 3.24 Å². The third-order valence-corrected chi connectivity index (χ3v) is 15.0. The fourth-order valence-corrected chi connectivity index (χ4v) is 11.7. The Kier molecular flexibility index (Phi) is 10.3. The maximum Gasteiger partial charge on any atom is 0.0624 e. The van der Waals surface area contributed by atoms with Gasteiger partial charge in [-0.1, -0.05) is 249 Å². The van der Waals surface area contributed by atoms with Crippen molar-refractivity contribution in [1.29, 1.82) is 0 Å². The fraction of sp³-hybridized carbons (Fsp3) is 0. The molecule has 0 heterocycles. The lowest BCUT2D eigenvalue weighted by atomic mass is 9.82. The summed E-state index contributed by atoms with van der Waals surface area (Å²) in [4.78, 5) is 2.46. The van der Waals surface area contributed by atoms with Crippen LogP contribution >= 0.6 is 0 Å². The van der Waals surface area contributed by atoms with Crippen LogP contribution in [0.2, 0.25) is 0 Å². The molecular formula is C72H47N. The highest BCUT2D eigenvalue weighted by atomic mass is 15.1. The lowest BCUT2D eigenvalue weighted by molar-refractivity contribution is 1.30. The van der Waals surface area contributed by atoms with Crippen LogP contribution in [0.4, 0.5) is 17.1 Å². The predicted octanol–water partition coefficient (Wildman–Crippen LogP) is 20.4. The average molecular weight is 926 g/mol. The molecule has 0 aliphatic heterocycles. The third kappa shape index (κ3) is 7.16. The quantitative estimate of drug-likeness (QED) is 0.108. The van der Waals surface area contributed by atoms with Crippen LogP contribution in [0.3, 0.4) is 0 Å². The van der Waals surface area contributed by atoms with Gasteiger partial charge in [-0.25, -0.2) is 0 Å². The average Bonchev–Trinajstić information content (AvgIpc) is 3.47. The summed E-state index contributed by atoms with van der Waals surface area (Å²) in [6, 6.07) is 105. The maximum absolute atomic E-state index is 2.53. The van der Waals surface area contributed by atoms with Crippen molar-refractivity contribution in [3.05, 3.63) is 285 Å². The minimum atomic E-state index is 1.10. The number of hydrogen-bond acceptors (Lipinski definition) is 1. The monoisotopic (exact) mass is 925 g/mol. The first-order valence-corrected chi connectivity index (χ1v) is 25.2. The first-order chi connectivity index (χ1) is 36.2. The molecule has 0 spiro atoms. The van der Waals surface area contributed by atoms with E-state index in [9.17, 15) is 0 Å². The Morgan fingerprint density at radius 1 is 0.192 bits per heavy atom. The van der Waals surface area contributed by atoms with Crippen LogP contribution in [0.25, 0.3) is 120 Å². The number of nitrogens with zero attached hydrogens (tertiary/aromatic N) is 1. The molecule has 0 fully saturated rings. The van der Waals surface area contributed by atoms with Crippen LogP contribution in [0.1, 0.15) is 0 Å². The van der Waals surface area contributed by atoms with Gasteiger partial charge in [0.15, 0.2) is 0 Å². The summed E-state index contributed by atoms with van der Waals surface area (Å²) >= 11 is 0. The van der Waals surface area contributed by atoms with Crippen molar-refractivity contribution >= 4 is 81.7 Å². The number of hydrogen-bond donors (Lipinski definition) is 0. The highest BCUT2D eigenvalue weighted by molar-refractivity contribution is 6.29. The second-order valence-electron chi connectivity index (χ2n) is 19.1. The molecule has 0 amide bonds. The molecule has 340 valence electrons. The zero-order valence-electron chi connectivity index (χ0n) is 40.1. The van der Waals surface area contributed by atoms with Crippen LogP contribution in [-0.2, 0) is 0 Å². The molecule has 0 N–H and O–H groups in total. The van der Waals surface area contributed by atoms with E-state index in [2.05, 4.69) is 290 Å². The molecule has 0 aromatic heterocycles. The fourth-order valence-electron chi connectivity index (χ4n) is 11.7. The molecule has 0 aliphatic rings. The molecule has 0 radical (unpaired) electrons. The van der Waals surface area contributed by atoms with Crippen molar-refractivity contribution in [3.8, 4) is 55.6 Å². The van der Waals surface area contributed by atoms with E-state index < -0.39 is 0 Å². The molecule has 73 heavy (non-hydrogen) atoms. The Morgan fingerprint density at radius 3 is 1.03 bits per heavy atom. The second-order valence-corrected chi connectivity index (χ2v) is 19.1. The van der Waals surface area contributed by atoms with Crippen LogP contribution in [0.15, 0.2) is 285 Å². The third-order valence-electron chi connectivity index (χ3n) is 15.0. The SMILES string of the molecule is c1ccc(-c2c(N(c3ccccc3)c3ccccc3)c3ccccc3c3cc4c(-c5ccc(-c6cccc7ccccc67)cc5)c5ccccc5c(-c5ccc(-c6cccc7ccccc67)cc5)c4cc23)cc1. The molecule has 14 rings (SSSR count). The van der Waals surface area contributed by atoms with Crippen LogP contribution in [0.5, 0.6) is 0 Å². The van der Waals surface area contributed by atoms with Crippen molar-refractivity contribution in [3.63, 3.8) is 0 Å². The standard InChI is InChI=1S/C72H47N/c1-4-22-52(23-5-1)71-66-47-68-67(46-65(66)61-32-14-17-35-64(61)72(71)73(55-26-6-2-7-27-55)56-28-8-3-9-29-56)69(53-42-38-50(39-43-53)59-36-18-24-48-20-10-12-30-57(48)59)62-33-15-16-34-63(62)70(68)54-44-40-51(41-45-54)60-37-19-25-49-21-11-13-31-58(49)60/h1-47H. The smallest absolute Gasteiger partial charge is 0.0624 e. The van der Waals surface area contributed by atoms with Crippen LogP contribution in [-0.4, -0.2) is 0 Å². The van der Waals surface area contributed by atoms with Crippen molar-refractivity contribution in [2.75, 3.05) is 4.90 Å². The molecule has 0 saturated carbocycles. The Labute approximate surface area is 425 Å². The summed E-state index contributed by atoms with van der Waals surface area (Å²) in [5, 5.41) is 14.7. The lowest BCUT2D eigenvalue weighted by Gasteiger charge is -2.31. The van der Waals surface area contributed by atoms with Crippen molar-refractivity contribution < 1.29 is 0 Å². The van der Waals surface area contributed by atoms with E-state index in [1.165, 1.54) is 115 Å². The number of anilines is 3. The Bertz CT molecular complexity index is 4340. The van der Waals surface area contributed by atoms with Gasteiger partial charge in [0.2, 0.25) is 0 Å². The minimum absolute atomic E-state index is 1.10. The number of rotatable bonds is 8.